The molecule has 0 amide bonds. The Hall–Kier alpha value is -3.52. The van der Waals surface area contributed by atoms with Crippen LogP contribution in [-0.2, 0) is 57.1 Å². The molecular formula is C33H52O17. The van der Waals surface area contributed by atoms with Gasteiger partial charge in [0, 0.05) is 22.3 Å². The van der Waals surface area contributed by atoms with Gasteiger partial charge >= 0.3 is 23.9 Å². The maximum absolute atomic E-state index is 11.7. The molecule has 0 heterocycles. The number of aliphatic hydroxyl groups excluding tert-OH is 5. The quantitative estimate of drug-likeness (QED) is 0.0372. The molecule has 0 spiro atoms. The number of hydrogen-bond donors (Lipinski definition) is 5. The van der Waals surface area contributed by atoms with Crippen molar-refractivity contribution in [2.75, 3.05) is 66.1 Å². The summed E-state index contributed by atoms with van der Waals surface area (Å²) in [7, 11) is 0. The lowest BCUT2D eigenvalue weighted by Gasteiger charge is -2.32. The monoisotopic (exact) mass is 720 g/mol. The van der Waals surface area contributed by atoms with Crippen LogP contribution in [0.4, 0.5) is 0 Å². The van der Waals surface area contributed by atoms with Gasteiger partial charge in [-0.25, -0.2) is 19.2 Å². The van der Waals surface area contributed by atoms with E-state index >= 15 is 0 Å². The van der Waals surface area contributed by atoms with Crippen LogP contribution in [0, 0.1) is 0 Å². The average Bonchev–Trinajstić information content (AvgIpc) is 3.05. The Bertz CT molecular complexity index is 1140. The van der Waals surface area contributed by atoms with Crippen molar-refractivity contribution in [2.45, 2.75) is 70.4 Å². The van der Waals surface area contributed by atoms with Crippen LogP contribution < -0.4 is 0 Å². The molecule has 0 aromatic carbocycles. The van der Waals surface area contributed by atoms with E-state index in [9.17, 15) is 44.7 Å². The van der Waals surface area contributed by atoms with Gasteiger partial charge in [0.1, 0.15) is 69.2 Å². The van der Waals surface area contributed by atoms with Gasteiger partial charge in [0.25, 0.3) is 0 Å². The maximum Gasteiger partial charge on any atom is 0.333 e. The number of rotatable bonds is 28. The number of carbonyl (C=O) groups is 4. The fourth-order valence-electron chi connectivity index (χ4n) is 3.27. The van der Waals surface area contributed by atoms with Gasteiger partial charge in [-0.3, -0.25) is 0 Å². The highest BCUT2D eigenvalue weighted by Crippen LogP contribution is 2.14. The van der Waals surface area contributed by atoms with E-state index < -0.39 is 133 Å². The van der Waals surface area contributed by atoms with Gasteiger partial charge in [-0.1, -0.05) is 26.3 Å². The van der Waals surface area contributed by atoms with Gasteiger partial charge in [0.2, 0.25) is 0 Å². The standard InChI is InChI=1S/C33H52O17/c1-19(2)30(39)47-13-23(34)9-43-17-27(38)29(46-12-26(37)16-50-33(42)22(7)8)28(45-11-25(36)15-49-32(41)21(5)6)18-44-10-24(35)14-48-31(40)20(3)4/h23-29,34-38H,1,3,5,7,9-18H2,2,4,6,8H3. The van der Waals surface area contributed by atoms with E-state index in [-0.39, 0.29) is 22.3 Å². The van der Waals surface area contributed by atoms with E-state index in [0.717, 1.165) is 0 Å². The second-order valence-corrected chi connectivity index (χ2v) is 11.4. The Kier molecular flexibility index (Phi) is 23.6. The zero-order chi connectivity index (χ0) is 38.4. The van der Waals surface area contributed by atoms with Gasteiger partial charge in [-0.2, -0.15) is 0 Å². The summed E-state index contributed by atoms with van der Waals surface area (Å²) in [6.07, 6.45) is -9.59. The molecule has 0 aliphatic carbocycles. The third kappa shape index (κ3) is 21.5. The molecule has 17 nitrogen and oxygen atoms in total. The van der Waals surface area contributed by atoms with Gasteiger partial charge in [0.05, 0.1) is 39.6 Å². The first-order valence-electron chi connectivity index (χ1n) is 15.4. The molecule has 7 atom stereocenters. The smallest absolute Gasteiger partial charge is 0.333 e. The zero-order valence-corrected chi connectivity index (χ0v) is 29.1. The second-order valence-electron chi connectivity index (χ2n) is 11.4. The van der Waals surface area contributed by atoms with Gasteiger partial charge in [-0.05, 0) is 27.7 Å². The summed E-state index contributed by atoms with van der Waals surface area (Å²) in [5.41, 5.74) is 0.431. The first-order valence-corrected chi connectivity index (χ1v) is 15.4. The first-order chi connectivity index (χ1) is 23.3. The highest BCUT2D eigenvalue weighted by molar-refractivity contribution is 5.88. The Morgan fingerprint density at radius 2 is 0.740 bits per heavy atom. The molecule has 50 heavy (non-hydrogen) atoms. The molecule has 0 saturated heterocycles. The molecule has 5 N–H and O–H groups in total. The van der Waals surface area contributed by atoms with Crippen LogP contribution in [0.2, 0.25) is 0 Å². The highest BCUT2D eigenvalue weighted by Gasteiger charge is 2.33. The Balaban J connectivity index is 5.82. The molecule has 0 aliphatic heterocycles. The summed E-state index contributed by atoms with van der Waals surface area (Å²) in [6.45, 7) is 14.9. The lowest BCUT2D eigenvalue weighted by Crippen LogP contribution is -2.48. The minimum Gasteiger partial charge on any atom is -0.460 e. The van der Waals surface area contributed by atoms with Crippen molar-refractivity contribution in [3.05, 3.63) is 48.6 Å². The molecule has 17 heteroatoms. The van der Waals surface area contributed by atoms with E-state index in [1.54, 1.807) is 0 Å². The third-order valence-electron chi connectivity index (χ3n) is 5.94. The molecular weight excluding hydrogens is 668 g/mol. The highest BCUT2D eigenvalue weighted by atomic mass is 16.6. The molecule has 286 valence electrons. The molecule has 0 rings (SSSR count). The number of hydrogen-bond acceptors (Lipinski definition) is 17. The first kappa shape index (κ1) is 46.5. The summed E-state index contributed by atoms with van der Waals surface area (Å²) in [5.74, 6) is -2.96. The van der Waals surface area contributed by atoms with E-state index in [1.807, 2.05) is 0 Å². The normalized spacial score (nSPS) is 15.3. The van der Waals surface area contributed by atoms with Crippen molar-refractivity contribution in [1.82, 2.24) is 0 Å². The van der Waals surface area contributed by atoms with Crippen molar-refractivity contribution in [2.24, 2.45) is 0 Å². The summed E-state index contributed by atoms with van der Waals surface area (Å²) < 4.78 is 42.0. The van der Waals surface area contributed by atoms with E-state index in [4.69, 9.17) is 37.9 Å². The van der Waals surface area contributed by atoms with Crippen LogP contribution in [0.3, 0.4) is 0 Å². The molecule has 0 aromatic heterocycles. The van der Waals surface area contributed by atoms with Gasteiger partial charge < -0.3 is 63.4 Å². The molecule has 0 aromatic rings. The number of carbonyl (C=O) groups excluding carboxylic acids is 4. The summed E-state index contributed by atoms with van der Waals surface area (Å²) in [4.78, 5) is 46.7. The summed E-state index contributed by atoms with van der Waals surface area (Å²) in [6, 6.07) is 0. The SMILES string of the molecule is C=C(C)C(=O)OCC(O)COCC(O)C(OCC(O)COC(=O)C(=C)C)C(COCC(O)COC(=O)C(=C)C)OCC(O)COC(=O)C(=C)C. The van der Waals surface area contributed by atoms with E-state index in [1.165, 1.54) is 27.7 Å². The minimum absolute atomic E-state index is 0.0924. The third-order valence-corrected chi connectivity index (χ3v) is 5.94. The zero-order valence-electron chi connectivity index (χ0n) is 29.1. The van der Waals surface area contributed by atoms with Crippen LogP contribution in [0.15, 0.2) is 48.6 Å². The predicted molar refractivity (Wildman–Crippen MR) is 174 cm³/mol. The lowest BCUT2D eigenvalue weighted by atomic mass is 10.1. The minimum atomic E-state index is -1.57. The number of aliphatic hydroxyl groups is 5. The van der Waals surface area contributed by atoms with E-state index in [2.05, 4.69) is 26.3 Å². The number of ether oxygens (including phenoxy) is 8. The van der Waals surface area contributed by atoms with Crippen molar-refractivity contribution in [3.63, 3.8) is 0 Å². The molecule has 7 unspecified atom stereocenters. The van der Waals surface area contributed by atoms with Crippen LogP contribution >= 0.6 is 0 Å². The van der Waals surface area contributed by atoms with Crippen molar-refractivity contribution in [3.8, 4) is 0 Å². The predicted octanol–water partition coefficient (Wildman–Crippen LogP) is -0.928. The van der Waals surface area contributed by atoms with Crippen molar-refractivity contribution < 1.29 is 82.6 Å². The van der Waals surface area contributed by atoms with E-state index in [0.29, 0.717) is 0 Å². The van der Waals surface area contributed by atoms with Crippen LogP contribution in [0.1, 0.15) is 27.7 Å². The molecule has 0 bridgehead atoms. The van der Waals surface area contributed by atoms with Crippen LogP contribution in [0.25, 0.3) is 0 Å². The second kappa shape index (κ2) is 25.4. The fourth-order valence-corrected chi connectivity index (χ4v) is 3.27. The maximum atomic E-state index is 11.7. The van der Waals surface area contributed by atoms with Crippen molar-refractivity contribution in [1.29, 1.82) is 0 Å². The van der Waals surface area contributed by atoms with Crippen LogP contribution in [0.5, 0.6) is 0 Å². The summed E-state index contributed by atoms with van der Waals surface area (Å²) >= 11 is 0. The molecule has 0 fully saturated rings. The average molecular weight is 721 g/mol. The van der Waals surface area contributed by atoms with Crippen molar-refractivity contribution >= 4 is 23.9 Å². The largest absolute Gasteiger partial charge is 0.460 e. The Labute approximate surface area is 291 Å². The lowest BCUT2D eigenvalue weighted by molar-refractivity contribution is -0.181. The van der Waals surface area contributed by atoms with Crippen LogP contribution in [-0.4, -0.2) is 158 Å². The topological polar surface area (TPSA) is 243 Å². The Morgan fingerprint density at radius 1 is 0.440 bits per heavy atom. The fraction of sp³-hybridized carbons (Fsp3) is 0.636. The summed E-state index contributed by atoms with van der Waals surface area (Å²) in [5, 5.41) is 52.2. The van der Waals surface area contributed by atoms with Gasteiger partial charge in [0.15, 0.2) is 0 Å². The molecule has 0 radical (unpaired) electrons. The molecule has 0 saturated carbocycles. The number of esters is 4. The Morgan fingerprint density at radius 3 is 1.08 bits per heavy atom. The molecule has 0 aliphatic rings. The van der Waals surface area contributed by atoms with Gasteiger partial charge in [-0.15, -0.1) is 0 Å².